The van der Waals surface area contributed by atoms with Crippen molar-refractivity contribution in [2.45, 2.75) is 78.4 Å². The van der Waals surface area contributed by atoms with E-state index in [1.807, 2.05) is 27.7 Å². The molecule has 0 rings (SSSR count). The van der Waals surface area contributed by atoms with Crippen molar-refractivity contribution in [3.8, 4) is 0 Å². The molecule has 0 spiro atoms. The van der Waals surface area contributed by atoms with E-state index in [0.29, 0.717) is 6.04 Å². The summed E-state index contributed by atoms with van der Waals surface area (Å²) in [5, 5.41) is 6.30. The standard InChI is InChI=1S/C13H28N2O/c1-7-8-9-10(2)14-11(3)12(16)15-13(4,5)6/h10-11,14H,7-9H2,1-6H3,(H,15,16). The lowest BCUT2D eigenvalue weighted by molar-refractivity contribution is -0.124. The van der Waals surface area contributed by atoms with E-state index in [-0.39, 0.29) is 17.5 Å². The first-order valence-electron chi connectivity index (χ1n) is 6.34. The zero-order valence-corrected chi connectivity index (χ0v) is 11.7. The maximum Gasteiger partial charge on any atom is 0.237 e. The summed E-state index contributed by atoms with van der Waals surface area (Å²) in [6, 6.07) is 0.284. The van der Waals surface area contributed by atoms with Crippen LogP contribution in [0.5, 0.6) is 0 Å². The highest BCUT2D eigenvalue weighted by molar-refractivity contribution is 5.81. The minimum absolute atomic E-state index is 0.0795. The summed E-state index contributed by atoms with van der Waals surface area (Å²) in [5.41, 5.74) is -0.153. The molecule has 0 bridgehead atoms. The van der Waals surface area contributed by atoms with Gasteiger partial charge < -0.3 is 10.6 Å². The van der Waals surface area contributed by atoms with E-state index < -0.39 is 0 Å². The number of amides is 1. The van der Waals surface area contributed by atoms with Crippen LogP contribution in [0, 0.1) is 0 Å². The van der Waals surface area contributed by atoms with Crippen LogP contribution in [0.15, 0.2) is 0 Å². The third-order valence-electron chi connectivity index (χ3n) is 2.42. The van der Waals surface area contributed by atoms with Crippen molar-refractivity contribution in [1.82, 2.24) is 10.6 Å². The molecular weight excluding hydrogens is 200 g/mol. The summed E-state index contributed by atoms with van der Waals surface area (Å²) in [6.07, 6.45) is 3.54. The molecule has 0 saturated carbocycles. The van der Waals surface area contributed by atoms with Gasteiger partial charge in [0.05, 0.1) is 6.04 Å². The average molecular weight is 228 g/mol. The molecule has 0 aromatic rings. The van der Waals surface area contributed by atoms with E-state index in [4.69, 9.17) is 0 Å². The molecule has 2 unspecified atom stereocenters. The molecule has 0 aromatic heterocycles. The monoisotopic (exact) mass is 228 g/mol. The molecule has 2 N–H and O–H groups in total. The van der Waals surface area contributed by atoms with Crippen molar-refractivity contribution in [3.05, 3.63) is 0 Å². The van der Waals surface area contributed by atoms with Crippen molar-refractivity contribution in [1.29, 1.82) is 0 Å². The Morgan fingerprint density at radius 2 is 1.81 bits per heavy atom. The summed E-state index contributed by atoms with van der Waals surface area (Å²) in [4.78, 5) is 11.8. The topological polar surface area (TPSA) is 41.1 Å². The minimum Gasteiger partial charge on any atom is -0.350 e. The van der Waals surface area contributed by atoms with Gasteiger partial charge in [-0.3, -0.25) is 4.79 Å². The van der Waals surface area contributed by atoms with Crippen LogP contribution in [0.3, 0.4) is 0 Å². The minimum atomic E-state index is -0.153. The Labute approximate surface area is 100 Å². The Morgan fingerprint density at radius 3 is 2.25 bits per heavy atom. The Kier molecular flexibility index (Phi) is 6.65. The molecule has 0 aromatic carbocycles. The lowest BCUT2D eigenvalue weighted by atomic mass is 10.1. The largest absolute Gasteiger partial charge is 0.350 e. The highest BCUT2D eigenvalue weighted by atomic mass is 16.2. The van der Waals surface area contributed by atoms with E-state index in [2.05, 4.69) is 24.5 Å². The summed E-state index contributed by atoms with van der Waals surface area (Å²) in [7, 11) is 0. The zero-order chi connectivity index (χ0) is 12.8. The smallest absolute Gasteiger partial charge is 0.237 e. The van der Waals surface area contributed by atoms with Gasteiger partial charge in [-0.2, -0.15) is 0 Å². The van der Waals surface area contributed by atoms with Crippen molar-refractivity contribution in [3.63, 3.8) is 0 Å². The first-order chi connectivity index (χ1) is 7.26. The average Bonchev–Trinajstić information content (AvgIpc) is 2.11. The van der Waals surface area contributed by atoms with Crippen molar-refractivity contribution in [2.75, 3.05) is 0 Å². The van der Waals surface area contributed by atoms with Gasteiger partial charge in [-0.1, -0.05) is 19.8 Å². The van der Waals surface area contributed by atoms with Gasteiger partial charge in [0.2, 0.25) is 5.91 Å². The predicted octanol–water partition coefficient (Wildman–Crippen LogP) is 2.46. The number of carbonyl (C=O) groups excluding carboxylic acids is 1. The second kappa shape index (κ2) is 6.89. The Hall–Kier alpha value is -0.570. The number of unbranched alkanes of at least 4 members (excludes halogenated alkanes) is 1. The third kappa shape index (κ3) is 7.69. The molecule has 3 nitrogen and oxygen atoms in total. The highest BCUT2D eigenvalue weighted by Crippen LogP contribution is 2.03. The van der Waals surface area contributed by atoms with E-state index >= 15 is 0 Å². The van der Waals surface area contributed by atoms with Crippen LogP contribution in [0.2, 0.25) is 0 Å². The second-order valence-electron chi connectivity index (χ2n) is 5.67. The van der Waals surface area contributed by atoms with Gasteiger partial charge in [0.15, 0.2) is 0 Å². The van der Waals surface area contributed by atoms with Crippen LogP contribution in [-0.2, 0) is 4.79 Å². The van der Waals surface area contributed by atoms with E-state index in [1.165, 1.54) is 12.8 Å². The number of nitrogens with one attached hydrogen (secondary N) is 2. The maximum atomic E-state index is 11.8. The molecule has 1 amide bonds. The number of rotatable bonds is 6. The van der Waals surface area contributed by atoms with Gasteiger partial charge in [-0.25, -0.2) is 0 Å². The molecular formula is C13H28N2O. The predicted molar refractivity (Wildman–Crippen MR) is 69.5 cm³/mol. The van der Waals surface area contributed by atoms with Crippen molar-refractivity contribution in [2.24, 2.45) is 0 Å². The van der Waals surface area contributed by atoms with E-state index in [9.17, 15) is 4.79 Å². The molecule has 0 saturated heterocycles. The van der Waals surface area contributed by atoms with Crippen LogP contribution in [-0.4, -0.2) is 23.5 Å². The van der Waals surface area contributed by atoms with Gasteiger partial charge in [0, 0.05) is 11.6 Å². The first-order valence-corrected chi connectivity index (χ1v) is 6.34. The summed E-state index contributed by atoms with van der Waals surface area (Å²) < 4.78 is 0. The zero-order valence-electron chi connectivity index (χ0n) is 11.7. The van der Waals surface area contributed by atoms with Crippen LogP contribution < -0.4 is 10.6 Å². The van der Waals surface area contributed by atoms with Crippen molar-refractivity contribution < 1.29 is 4.79 Å². The number of hydrogen-bond donors (Lipinski definition) is 2. The lowest BCUT2D eigenvalue weighted by Gasteiger charge is -2.25. The van der Waals surface area contributed by atoms with Crippen molar-refractivity contribution >= 4 is 5.91 Å². The normalized spacial score (nSPS) is 15.6. The summed E-state index contributed by atoms with van der Waals surface area (Å²) in [6.45, 7) is 12.2. The number of hydrogen-bond acceptors (Lipinski definition) is 2. The molecule has 0 heterocycles. The second-order valence-corrected chi connectivity index (χ2v) is 5.67. The molecule has 0 aliphatic heterocycles. The first kappa shape index (κ1) is 15.4. The fourth-order valence-corrected chi connectivity index (χ4v) is 1.57. The Bertz CT molecular complexity index is 208. The molecule has 3 heteroatoms. The lowest BCUT2D eigenvalue weighted by Crippen LogP contribution is -2.51. The maximum absolute atomic E-state index is 11.8. The SMILES string of the molecule is CCCCC(C)NC(C)C(=O)NC(C)(C)C. The molecule has 0 aliphatic carbocycles. The van der Waals surface area contributed by atoms with Gasteiger partial charge in [0.1, 0.15) is 0 Å². The quantitative estimate of drug-likeness (QED) is 0.733. The summed E-state index contributed by atoms with van der Waals surface area (Å²) in [5.74, 6) is 0.0795. The van der Waals surface area contributed by atoms with Crippen LogP contribution in [0.1, 0.15) is 60.8 Å². The molecule has 0 fully saturated rings. The molecule has 0 radical (unpaired) electrons. The van der Waals surface area contributed by atoms with E-state index in [1.54, 1.807) is 0 Å². The van der Waals surface area contributed by atoms with Crippen LogP contribution in [0.25, 0.3) is 0 Å². The Morgan fingerprint density at radius 1 is 1.25 bits per heavy atom. The number of carbonyl (C=O) groups is 1. The molecule has 0 aliphatic rings. The fourth-order valence-electron chi connectivity index (χ4n) is 1.57. The molecule has 2 atom stereocenters. The fraction of sp³-hybridized carbons (Fsp3) is 0.923. The third-order valence-corrected chi connectivity index (χ3v) is 2.42. The van der Waals surface area contributed by atoms with E-state index in [0.717, 1.165) is 6.42 Å². The summed E-state index contributed by atoms with van der Waals surface area (Å²) >= 11 is 0. The molecule has 96 valence electrons. The van der Waals surface area contributed by atoms with Crippen LogP contribution in [0.4, 0.5) is 0 Å². The van der Waals surface area contributed by atoms with Gasteiger partial charge in [0.25, 0.3) is 0 Å². The highest BCUT2D eigenvalue weighted by Gasteiger charge is 2.19. The Balaban J connectivity index is 3.95. The van der Waals surface area contributed by atoms with Gasteiger partial charge >= 0.3 is 0 Å². The van der Waals surface area contributed by atoms with Gasteiger partial charge in [-0.15, -0.1) is 0 Å². The van der Waals surface area contributed by atoms with Gasteiger partial charge in [-0.05, 0) is 41.0 Å². The van der Waals surface area contributed by atoms with Crippen LogP contribution >= 0.6 is 0 Å². The molecule has 16 heavy (non-hydrogen) atoms.